The fraction of sp³-hybridized carbons (Fsp3) is 0.714. The molecule has 2 fully saturated rings. The molecule has 1 saturated heterocycles. The van der Waals surface area contributed by atoms with Gasteiger partial charge in [0.25, 0.3) is 0 Å². The number of aliphatic carboxylic acids is 1. The van der Waals surface area contributed by atoms with Crippen LogP contribution in [0.4, 0.5) is 0 Å². The minimum absolute atomic E-state index is 0. The first kappa shape index (κ1) is 43.8. The quantitative estimate of drug-likeness (QED) is 0.118. The molecule has 46 heavy (non-hydrogen) atoms. The van der Waals surface area contributed by atoms with Crippen LogP contribution in [0.5, 0.6) is 0 Å². The maximum absolute atomic E-state index is 10.6. The van der Waals surface area contributed by atoms with Crippen LogP contribution in [-0.2, 0) is 11.2 Å². The van der Waals surface area contributed by atoms with E-state index in [1.165, 1.54) is 87.8 Å². The molecule has 4 unspecified atom stereocenters. The molecule has 4 heteroatoms. The van der Waals surface area contributed by atoms with Crippen LogP contribution in [-0.4, -0.2) is 48.4 Å². The van der Waals surface area contributed by atoms with E-state index in [0.717, 1.165) is 43.4 Å². The lowest BCUT2D eigenvalue weighted by Crippen LogP contribution is -2.38. The Kier molecular flexibility index (Phi) is 24.6. The highest BCUT2D eigenvalue weighted by Gasteiger charge is 2.32. The Bertz CT molecular complexity index is 971. The normalized spacial score (nSPS) is 21.4. The minimum atomic E-state index is -0.645. The Balaban J connectivity index is 0.000000935. The van der Waals surface area contributed by atoms with E-state index in [-0.39, 0.29) is 19.3 Å². The predicted molar refractivity (Wildman–Crippen MR) is 204 cm³/mol. The summed E-state index contributed by atoms with van der Waals surface area (Å²) in [6.07, 6.45) is 19.2. The molecular formula is C42H74N2O2. The number of hydrogen-bond acceptors (Lipinski definition) is 3. The second-order valence-electron chi connectivity index (χ2n) is 14.1. The molecule has 1 aromatic rings. The highest BCUT2D eigenvalue weighted by Crippen LogP contribution is 2.38. The highest BCUT2D eigenvalue weighted by atomic mass is 16.4. The number of hydrogen-bond donors (Lipinski definition) is 1. The molecule has 1 heterocycles. The summed E-state index contributed by atoms with van der Waals surface area (Å²) in [6.45, 7) is 23.0. The molecule has 4 atom stereocenters. The van der Waals surface area contributed by atoms with Gasteiger partial charge in [0.1, 0.15) is 0 Å². The van der Waals surface area contributed by atoms with Gasteiger partial charge in [-0.2, -0.15) is 0 Å². The van der Waals surface area contributed by atoms with Crippen LogP contribution in [0.25, 0.3) is 0 Å². The third-order valence-electron chi connectivity index (χ3n) is 9.87. The molecule has 0 bridgehead atoms. The van der Waals surface area contributed by atoms with E-state index in [4.69, 9.17) is 5.11 Å². The molecule has 1 aliphatic carbocycles. The molecule has 264 valence electrons. The van der Waals surface area contributed by atoms with E-state index in [0.29, 0.717) is 5.92 Å². The Morgan fingerprint density at radius 3 is 2.09 bits per heavy atom. The molecule has 2 aliphatic rings. The molecular weight excluding hydrogens is 564 g/mol. The number of rotatable bonds is 15. The molecule has 1 N–H and O–H groups in total. The first-order chi connectivity index (χ1) is 21.6. The first-order valence-electron chi connectivity index (χ1n) is 18.3. The van der Waals surface area contributed by atoms with Gasteiger partial charge in [0, 0.05) is 25.7 Å². The van der Waals surface area contributed by atoms with Crippen LogP contribution in [0.3, 0.4) is 0 Å². The predicted octanol–water partition coefficient (Wildman–Crippen LogP) is 11.6. The second kappa shape index (κ2) is 25.8. The number of benzene rings is 1. The average molecular weight is 639 g/mol. The maximum Gasteiger partial charge on any atom is 0.306 e. The fourth-order valence-corrected chi connectivity index (χ4v) is 6.89. The number of carboxylic acids is 1. The third-order valence-corrected chi connectivity index (χ3v) is 9.87. The second-order valence-corrected chi connectivity index (χ2v) is 14.1. The minimum Gasteiger partial charge on any atom is -0.481 e. The Labute approximate surface area is 286 Å². The summed E-state index contributed by atoms with van der Waals surface area (Å²) in [7, 11) is 1.92. The lowest BCUT2D eigenvalue weighted by atomic mass is 9.87. The number of carboxylic acid groups (broad SMARTS) is 1. The van der Waals surface area contributed by atoms with Gasteiger partial charge in [-0.1, -0.05) is 129 Å². The van der Waals surface area contributed by atoms with Crippen molar-refractivity contribution in [3.8, 4) is 0 Å². The molecule has 1 aromatic carbocycles. The standard InChI is InChI=1S/C26H38N2.C9H18O2.C6H14.CH4/c1-5-23-15-20(2)16-25(23)19-28-13-11-24(12-14-28)21(3)17-26(27-4)18-22-9-7-6-8-10-22;1-4-5-6-8(7(2)3)9(10)11;1-3-5-6-4-2;/h5-10,17,20,23-25H,1,11-16,18-19H2,2-4H3;7-8H,4-6H2,1-3H3,(H,10,11);3-6H2,1-2H3;1H4/b21-17+,27-26?;;;. The summed E-state index contributed by atoms with van der Waals surface area (Å²) in [6, 6.07) is 10.7. The number of piperidine rings is 1. The van der Waals surface area contributed by atoms with Gasteiger partial charge < -0.3 is 10.0 Å². The van der Waals surface area contributed by atoms with Crippen LogP contribution in [0, 0.1) is 35.5 Å². The number of allylic oxidation sites excluding steroid dienone is 3. The van der Waals surface area contributed by atoms with Gasteiger partial charge in [0.15, 0.2) is 0 Å². The number of unbranched alkanes of at least 4 members (excludes halogenated alkanes) is 4. The van der Waals surface area contributed by atoms with Crippen molar-refractivity contribution < 1.29 is 9.90 Å². The molecule has 0 radical (unpaired) electrons. The van der Waals surface area contributed by atoms with E-state index >= 15 is 0 Å². The van der Waals surface area contributed by atoms with Crippen LogP contribution in [0.1, 0.15) is 132 Å². The van der Waals surface area contributed by atoms with Gasteiger partial charge in [-0.05, 0) is 93.3 Å². The molecule has 0 spiro atoms. The summed E-state index contributed by atoms with van der Waals surface area (Å²) in [5, 5.41) is 8.77. The van der Waals surface area contributed by atoms with Crippen molar-refractivity contribution in [3.05, 3.63) is 60.2 Å². The van der Waals surface area contributed by atoms with Crippen molar-refractivity contribution in [2.45, 2.75) is 133 Å². The van der Waals surface area contributed by atoms with Gasteiger partial charge in [0.2, 0.25) is 0 Å². The Hall–Kier alpha value is -2.20. The van der Waals surface area contributed by atoms with E-state index in [2.05, 4.69) is 93.6 Å². The smallest absolute Gasteiger partial charge is 0.306 e. The number of carbonyl (C=O) groups is 1. The maximum atomic E-state index is 10.6. The zero-order valence-electron chi connectivity index (χ0n) is 30.6. The third kappa shape index (κ3) is 17.6. The average Bonchev–Trinajstić information content (AvgIpc) is 3.39. The molecule has 4 nitrogen and oxygen atoms in total. The Morgan fingerprint density at radius 1 is 1.02 bits per heavy atom. The molecule has 3 rings (SSSR count). The summed E-state index contributed by atoms with van der Waals surface area (Å²) in [4.78, 5) is 17.9. The van der Waals surface area contributed by atoms with Crippen LogP contribution in [0.2, 0.25) is 0 Å². The largest absolute Gasteiger partial charge is 0.481 e. The fourth-order valence-electron chi connectivity index (χ4n) is 6.89. The molecule has 1 saturated carbocycles. The van der Waals surface area contributed by atoms with Crippen LogP contribution >= 0.6 is 0 Å². The van der Waals surface area contributed by atoms with Gasteiger partial charge >= 0.3 is 5.97 Å². The van der Waals surface area contributed by atoms with Crippen molar-refractivity contribution >= 4 is 11.7 Å². The van der Waals surface area contributed by atoms with Gasteiger partial charge in [-0.25, -0.2) is 0 Å². The van der Waals surface area contributed by atoms with Gasteiger partial charge in [-0.15, -0.1) is 6.58 Å². The van der Waals surface area contributed by atoms with Crippen LogP contribution in [0.15, 0.2) is 59.6 Å². The lowest BCUT2D eigenvalue weighted by Gasteiger charge is -2.35. The summed E-state index contributed by atoms with van der Waals surface area (Å²) >= 11 is 0. The summed E-state index contributed by atoms with van der Waals surface area (Å²) in [5.74, 6) is 2.61. The number of aliphatic imine (C=N–C) groups is 1. The number of likely N-dealkylation sites (tertiary alicyclic amines) is 1. The molecule has 0 aromatic heterocycles. The highest BCUT2D eigenvalue weighted by molar-refractivity contribution is 5.97. The molecule has 1 aliphatic heterocycles. The van der Waals surface area contributed by atoms with Crippen LogP contribution < -0.4 is 0 Å². The van der Waals surface area contributed by atoms with E-state index in [9.17, 15) is 4.79 Å². The topological polar surface area (TPSA) is 52.9 Å². The van der Waals surface area contributed by atoms with Crippen molar-refractivity contribution in [2.24, 2.45) is 40.5 Å². The zero-order chi connectivity index (χ0) is 33.6. The van der Waals surface area contributed by atoms with E-state index in [1.54, 1.807) is 0 Å². The number of nitrogens with zero attached hydrogens (tertiary/aromatic N) is 2. The van der Waals surface area contributed by atoms with E-state index < -0.39 is 5.97 Å². The van der Waals surface area contributed by atoms with Gasteiger partial charge in [-0.3, -0.25) is 9.79 Å². The van der Waals surface area contributed by atoms with Crippen molar-refractivity contribution in [3.63, 3.8) is 0 Å². The monoisotopic (exact) mass is 639 g/mol. The summed E-state index contributed by atoms with van der Waals surface area (Å²) in [5.41, 5.74) is 4.04. The van der Waals surface area contributed by atoms with Crippen molar-refractivity contribution in [1.29, 1.82) is 0 Å². The van der Waals surface area contributed by atoms with Crippen molar-refractivity contribution in [1.82, 2.24) is 4.90 Å². The van der Waals surface area contributed by atoms with E-state index in [1.807, 2.05) is 20.9 Å². The Morgan fingerprint density at radius 2 is 1.61 bits per heavy atom. The lowest BCUT2D eigenvalue weighted by molar-refractivity contribution is -0.143. The summed E-state index contributed by atoms with van der Waals surface area (Å²) < 4.78 is 0. The van der Waals surface area contributed by atoms with Gasteiger partial charge in [0.05, 0.1) is 5.92 Å². The first-order valence-corrected chi connectivity index (χ1v) is 18.3. The molecule has 0 amide bonds. The SMILES string of the molecule is C.C=CC1CC(C)CC1CN1CCC(/C(C)=C/C(Cc2ccccc2)=NC)CC1.CCCCC(C(=O)O)C(C)C.CCCCCC. The zero-order valence-corrected chi connectivity index (χ0v) is 30.6. The van der Waals surface area contributed by atoms with Crippen molar-refractivity contribution in [2.75, 3.05) is 26.7 Å².